The van der Waals surface area contributed by atoms with Crippen LogP contribution >= 0.6 is 11.3 Å². The van der Waals surface area contributed by atoms with Crippen molar-refractivity contribution in [1.82, 2.24) is 9.71 Å². The van der Waals surface area contributed by atoms with Gasteiger partial charge < -0.3 is 10.5 Å². The van der Waals surface area contributed by atoms with Crippen molar-refractivity contribution in [3.8, 4) is 10.4 Å². The third-order valence-corrected chi connectivity index (χ3v) is 7.81. The molecule has 1 unspecified atom stereocenters. The number of benzene rings is 1. The second kappa shape index (κ2) is 10.4. The maximum Gasteiger partial charge on any atom is 0.411 e. The molecule has 1 saturated carbocycles. The van der Waals surface area contributed by atoms with Gasteiger partial charge in [-0.05, 0) is 72.4 Å². The molecule has 1 aromatic carbocycles. The summed E-state index contributed by atoms with van der Waals surface area (Å²) < 4.78 is 21.5. The molecule has 176 valence electrons. The fourth-order valence-electron chi connectivity index (χ4n) is 3.62. The van der Waals surface area contributed by atoms with E-state index in [4.69, 9.17) is 10.5 Å². The first-order valence-electron chi connectivity index (χ1n) is 11.0. The number of nitrogens with one attached hydrogen (secondary N) is 2. The fraction of sp³-hybridized carbons (Fsp3) is 0.565. The molecule has 0 bridgehead atoms. The van der Waals surface area contributed by atoms with E-state index in [0.29, 0.717) is 22.5 Å². The smallest absolute Gasteiger partial charge is 0.411 e. The van der Waals surface area contributed by atoms with E-state index in [1.54, 1.807) is 37.3 Å². The Hall–Kier alpha value is -1.81. The van der Waals surface area contributed by atoms with E-state index in [0.717, 1.165) is 41.1 Å². The summed E-state index contributed by atoms with van der Waals surface area (Å²) in [5, 5.41) is 3.83. The molecule has 7 nitrogen and oxygen atoms in total. The molecule has 3 rings (SSSR count). The van der Waals surface area contributed by atoms with Gasteiger partial charge in [-0.3, -0.25) is 5.32 Å². The molecule has 1 atom stereocenters. The average molecular weight is 479 g/mol. The van der Waals surface area contributed by atoms with Crippen LogP contribution in [-0.4, -0.2) is 33.0 Å². The molecule has 0 spiro atoms. The minimum absolute atomic E-state index is 0.226. The Morgan fingerprint density at radius 2 is 1.94 bits per heavy atom. The number of aromatic nitrogens is 1. The van der Waals surface area contributed by atoms with Crippen LogP contribution < -0.4 is 15.8 Å². The van der Waals surface area contributed by atoms with Crippen LogP contribution in [0.1, 0.15) is 71.2 Å². The third kappa shape index (κ3) is 6.84. The molecule has 0 radical (unpaired) electrons. The van der Waals surface area contributed by atoms with E-state index in [-0.39, 0.29) is 11.6 Å². The van der Waals surface area contributed by atoms with E-state index in [2.05, 4.69) is 15.0 Å². The van der Waals surface area contributed by atoms with Crippen molar-refractivity contribution in [3.05, 3.63) is 29.4 Å². The summed E-state index contributed by atoms with van der Waals surface area (Å²) in [5.74, 6) is 0.432. The van der Waals surface area contributed by atoms with Crippen LogP contribution in [0.15, 0.2) is 29.3 Å². The lowest BCUT2D eigenvalue weighted by molar-refractivity contribution is 0.130. The number of thiazole rings is 1. The first-order chi connectivity index (χ1) is 15.0. The fourth-order valence-corrected chi connectivity index (χ4v) is 6.09. The zero-order valence-corrected chi connectivity index (χ0v) is 21.1. The topological polar surface area (TPSA) is 106 Å². The van der Waals surface area contributed by atoms with E-state index in [9.17, 15) is 9.00 Å². The Bertz CT molecular complexity index is 960. The molecule has 2 aromatic rings. The van der Waals surface area contributed by atoms with Gasteiger partial charge in [-0.2, -0.15) is 0 Å². The Morgan fingerprint density at radius 1 is 1.25 bits per heavy atom. The molecule has 1 heterocycles. The van der Waals surface area contributed by atoms with Gasteiger partial charge in [0.05, 0.1) is 20.9 Å². The van der Waals surface area contributed by atoms with Crippen molar-refractivity contribution in [2.24, 2.45) is 5.73 Å². The zero-order chi connectivity index (χ0) is 23.5. The van der Waals surface area contributed by atoms with Gasteiger partial charge in [0.1, 0.15) is 11.0 Å². The van der Waals surface area contributed by atoms with Gasteiger partial charge in [0.15, 0.2) is 0 Å². The van der Waals surface area contributed by atoms with Gasteiger partial charge in [0.25, 0.3) is 0 Å². The summed E-state index contributed by atoms with van der Waals surface area (Å²) in [6.07, 6.45) is 5.26. The normalized spacial score (nSPS) is 20.2. The molecule has 32 heavy (non-hydrogen) atoms. The van der Waals surface area contributed by atoms with Gasteiger partial charge in [-0.15, -0.1) is 11.3 Å². The Kier molecular flexibility index (Phi) is 8.08. The predicted molar refractivity (Wildman–Crippen MR) is 131 cm³/mol. The summed E-state index contributed by atoms with van der Waals surface area (Å²) in [7, 11) is -1.48. The minimum Gasteiger partial charge on any atom is -0.447 e. The lowest BCUT2D eigenvalue weighted by Crippen LogP contribution is -2.37. The Balaban J connectivity index is 1.90. The second-order valence-corrected chi connectivity index (χ2v) is 11.8. The Morgan fingerprint density at radius 3 is 2.56 bits per heavy atom. The van der Waals surface area contributed by atoms with Crippen LogP contribution in [-0.2, 0) is 15.7 Å². The first kappa shape index (κ1) is 24.8. The van der Waals surface area contributed by atoms with Crippen LogP contribution in [0.2, 0.25) is 0 Å². The highest BCUT2D eigenvalue weighted by atomic mass is 32.2. The number of carbonyl (C=O) groups excluding carboxylic acids is 1. The predicted octanol–water partition coefficient (Wildman–Crippen LogP) is 5.16. The summed E-state index contributed by atoms with van der Waals surface area (Å²) in [6.45, 7) is 9.47. The standard InChI is InChI=1S/C23H34N4O3S2/c1-14(2)30-22(28)26-17-10-11-18(20(12-17)32(29)27-23(3,4)5)19-13-25-21(31-19)15-6-8-16(24)9-7-15/h10-16,27H,6-9,24H2,1-5H3,(H,26,28). The highest BCUT2D eigenvalue weighted by Crippen LogP contribution is 2.39. The maximum absolute atomic E-state index is 13.2. The van der Waals surface area contributed by atoms with Crippen LogP contribution in [0, 0.1) is 0 Å². The highest BCUT2D eigenvalue weighted by molar-refractivity contribution is 7.83. The lowest BCUT2D eigenvalue weighted by Gasteiger charge is -2.24. The molecule has 1 aliphatic carbocycles. The average Bonchev–Trinajstić information content (AvgIpc) is 3.16. The number of hydrogen-bond acceptors (Lipinski definition) is 6. The summed E-state index contributed by atoms with van der Waals surface area (Å²) in [4.78, 5) is 18.3. The van der Waals surface area contributed by atoms with Gasteiger partial charge in [-0.25, -0.2) is 18.7 Å². The number of nitrogens with two attached hydrogens (primary N) is 1. The van der Waals surface area contributed by atoms with E-state index in [1.807, 2.05) is 33.0 Å². The number of carbonyl (C=O) groups is 1. The molecule has 1 amide bonds. The van der Waals surface area contributed by atoms with Crippen LogP contribution in [0.25, 0.3) is 10.4 Å². The van der Waals surface area contributed by atoms with Gasteiger partial charge >= 0.3 is 6.09 Å². The number of hydrogen-bond donors (Lipinski definition) is 3. The third-order valence-electron chi connectivity index (χ3n) is 5.08. The monoisotopic (exact) mass is 478 g/mol. The molecular weight excluding hydrogens is 444 g/mol. The summed E-state index contributed by atoms with van der Waals surface area (Å²) >= 11 is 1.65. The van der Waals surface area contributed by atoms with E-state index < -0.39 is 17.1 Å². The summed E-state index contributed by atoms with van der Waals surface area (Å²) in [6, 6.07) is 5.72. The highest BCUT2D eigenvalue weighted by Gasteiger charge is 2.24. The van der Waals surface area contributed by atoms with Crippen LogP contribution in [0.3, 0.4) is 0 Å². The number of rotatable bonds is 6. The van der Waals surface area contributed by atoms with E-state index >= 15 is 0 Å². The molecule has 9 heteroatoms. The largest absolute Gasteiger partial charge is 0.447 e. The molecule has 1 aliphatic rings. The Labute approximate surface area is 197 Å². The molecule has 4 N–H and O–H groups in total. The van der Waals surface area contributed by atoms with Gasteiger partial charge in [-0.1, -0.05) is 6.07 Å². The second-order valence-electron chi connectivity index (χ2n) is 9.59. The SMILES string of the molecule is CC(C)OC(=O)Nc1ccc(-c2cnc(C3CCC(N)CC3)s2)c(S(=O)NC(C)(C)C)c1. The lowest BCUT2D eigenvalue weighted by atomic mass is 9.87. The van der Waals surface area contributed by atoms with Crippen LogP contribution in [0.4, 0.5) is 10.5 Å². The van der Waals surface area contributed by atoms with Crippen molar-refractivity contribution in [2.75, 3.05) is 5.32 Å². The van der Waals surface area contributed by atoms with Crippen molar-refractivity contribution in [3.63, 3.8) is 0 Å². The molecule has 1 fully saturated rings. The van der Waals surface area contributed by atoms with Gasteiger partial charge in [0.2, 0.25) is 0 Å². The minimum atomic E-state index is -1.48. The molecule has 0 aliphatic heterocycles. The zero-order valence-electron chi connectivity index (χ0n) is 19.4. The summed E-state index contributed by atoms with van der Waals surface area (Å²) in [5.41, 5.74) is 7.09. The number of nitrogens with zero attached hydrogens (tertiary/aromatic N) is 1. The van der Waals surface area contributed by atoms with Crippen molar-refractivity contribution >= 4 is 34.1 Å². The number of amides is 1. The molecule has 0 saturated heterocycles. The van der Waals surface area contributed by atoms with Gasteiger partial charge in [0, 0.05) is 34.9 Å². The maximum atomic E-state index is 13.2. The first-order valence-corrected chi connectivity index (χ1v) is 13.0. The van der Waals surface area contributed by atoms with Crippen molar-refractivity contribution in [2.45, 2.75) is 88.8 Å². The van der Waals surface area contributed by atoms with Crippen molar-refractivity contribution in [1.29, 1.82) is 0 Å². The van der Waals surface area contributed by atoms with Crippen molar-refractivity contribution < 1.29 is 13.7 Å². The van der Waals surface area contributed by atoms with Crippen LogP contribution in [0.5, 0.6) is 0 Å². The number of anilines is 1. The van der Waals surface area contributed by atoms with E-state index in [1.165, 1.54) is 0 Å². The number of ether oxygens (including phenoxy) is 1. The molecule has 1 aromatic heterocycles. The quantitative estimate of drug-likeness (QED) is 0.531. The molecular formula is C23H34N4O3S2.